The number of fused-ring (bicyclic) bond motifs is 2. The van der Waals surface area contributed by atoms with Crippen LogP contribution in [0, 0.1) is 5.92 Å². The molecule has 2 N–H and O–H groups in total. The highest BCUT2D eigenvalue weighted by Crippen LogP contribution is 2.58. The maximum Gasteiger partial charge on any atom is 0.280 e. The molecule has 212 valence electrons. The van der Waals surface area contributed by atoms with Crippen LogP contribution in [0.3, 0.4) is 0 Å². The van der Waals surface area contributed by atoms with Crippen molar-refractivity contribution < 1.29 is 14.3 Å². The van der Waals surface area contributed by atoms with Crippen molar-refractivity contribution in [1.29, 1.82) is 0 Å². The van der Waals surface area contributed by atoms with Crippen LogP contribution in [-0.2, 0) is 22.0 Å². The van der Waals surface area contributed by atoms with E-state index in [1.807, 2.05) is 13.8 Å². The van der Waals surface area contributed by atoms with E-state index < -0.39 is 5.54 Å². The molecule has 1 aliphatic heterocycles. The fourth-order valence-corrected chi connectivity index (χ4v) is 7.39. The lowest BCUT2D eigenvalue weighted by Gasteiger charge is -2.32. The van der Waals surface area contributed by atoms with Crippen LogP contribution in [0.4, 0.5) is 0 Å². The van der Waals surface area contributed by atoms with Gasteiger partial charge in [-0.1, -0.05) is 52.9 Å². The Morgan fingerprint density at radius 2 is 1.79 bits per heavy atom. The summed E-state index contributed by atoms with van der Waals surface area (Å²) in [4.78, 5) is 31.0. The van der Waals surface area contributed by atoms with Crippen molar-refractivity contribution >= 4 is 23.2 Å². The molecule has 0 bridgehead atoms. The molecule has 2 heterocycles. The van der Waals surface area contributed by atoms with Crippen molar-refractivity contribution in [3.8, 4) is 16.2 Å². The fraction of sp³-hybridized carbons (Fsp3) is 0.656. The Bertz CT molecular complexity index is 1230. The number of hydrogen-bond acceptors (Lipinski definition) is 5. The van der Waals surface area contributed by atoms with Crippen molar-refractivity contribution in [2.24, 2.45) is 5.92 Å². The van der Waals surface area contributed by atoms with Gasteiger partial charge in [0.1, 0.15) is 5.75 Å². The van der Waals surface area contributed by atoms with Crippen LogP contribution in [0.25, 0.3) is 10.4 Å². The van der Waals surface area contributed by atoms with E-state index in [2.05, 4.69) is 43.5 Å². The van der Waals surface area contributed by atoms with Gasteiger partial charge in [0.25, 0.3) is 5.91 Å². The highest BCUT2D eigenvalue weighted by molar-refractivity contribution is 7.17. The van der Waals surface area contributed by atoms with Gasteiger partial charge in [-0.3, -0.25) is 9.59 Å². The molecule has 1 aromatic heterocycles. The van der Waals surface area contributed by atoms with Crippen LogP contribution in [0.2, 0.25) is 0 Å². The minimum atomic E-state index is -0.537. The number of carbonyl (C=O) groups is 2. The quantitative estimate of drug-likeness (QED) is 0.402. The molecule has 5 rings (SSSR count). The van der Waals surface area contributed by atoms with Gasteiger partial charge in [0.2, 0.25) is 5.91 Å². The summed E-state index contributed by atoms with van der Waals surface area (Å²) in [6.45, 7) is 13.2. The molecule has 2 saturated carbocycles. The summed E-state index contributed by atoms with van der Waals surface area (Å²) < 4.78 is 6.33. The van der Waals surface area contributed by atoms with Crippen LogP contribution in [0.15, 0.2) is 12.1 Å². The van der Waals surface area contributed by atoms with Gasteiger partial charge in [0.05, 0.1) is 22.7 Å². The number of rotatable bonds is 7. The molecule has 2 amide bonds. The summed E-state index contributed by atoms with van der Waals surface area (Å²) >= 11 is 1.51. The summed E-state index contributed by atoms with van der Waals surface area (Å²) in [6, 6.07) is 4.66. The number of hydrogen-bond donors (Lipinski definition) is 2. The molecule has 1 spiro atoms. The first kappa shape index (κ1) is 28.1. The van der Waals surface area contributed by atoms with E-state index in [9.17, 15) is 9.59 Å². The lowest BCUT2D eigenvalue weighted by molar-refractivity contribution is -0.120. The fourth-order valence-electron chi connectivity index (χ4n) is 6.39. The summed E-state index contributed by atoms with van der Waals surface area (Å²) in [7, 11) is 0. The first-order valence-corrected chi connectivity index (χ1v) is 15.6. The average Bonchev–Trinajstić information content (AvgIpc) is 3.51. The van der Waals surface area contributed by atoms with Gasteiger partial charge >= 0.3 is 0 Å². The van der Waals surface area contributed by atoms with E-state index in [0.29, 0.717) is 17.5 Å². The number of benzene rings is 1. The van der Waals surface area contributed by atoms with E-state index >= 15 is 0 Å². The predicted molar refractivity (Wildman–Crippen MR) is 158 cm³/mol. The number of nitrogens with one attached hydrogen (secondary N) is 2. The second-order valence-electron chi connectivity index (χ2n) is 13.8. The Morgan fingerprint density at radius 1 is 1.08 bits per heavy atom. The van der Waals surface area contributed by atoms with E-state index in [1.54, 1.807) is 0 Å². The van der Waals surface area contributed by atoms with Gasteiger partial charge in [-0.05, 0) is 68.6 Å². The van der Waals surface area contributed by atoms with Crippen molar-refractivity contribution in [3.05, 3.63) is 34.0 Å². The zero-order chi connectivity index (χ0) is 28.0. The third-order valence-corrected chi connectivity index (χ3v) is 9.86. The first-order chi connectivity index (χ1) is 18.4. The molecule has 2 fully saturated rings. The Balaban J connectivity index is 1.53. The number of amides is 2. The number of carbonyl (C=O) groups excluding carboxylic acids is 2. The maximum atomic E-state index is 13.3. The molecule has 6 nitrogen and oxygen atoms in total. The monoisotopic (exact) mass is 551 g/mol. The molecule has 2 aromatic rings. The highest BCUT2D eigenvalue weighted by Gasteiger charge is 2.49. The Hall–Kier alpha value is -2.41. The molecule has 1 aromatic carbocycles. The topological polar surface area (TPSA) is 80.3 Å². The predicted octanol–water partition coefficient (Wildman–Crippen LogP) is 6.69. The molecule has 0 atom stereocenters. The zero-order valence-corrected chi connectivity index (χ0v) is 25.4. The largest absolute Gasteiger partial charge is 0.493 e. The van der Waals surface area contributed by atoms with Crippen LogP contribution < -0.4 is 15.4 Å². The minimum absolute atomic E-state index is 0.0583. The third kappa shape index (κ3) is 6.18. The molecule has 0 radical (unpaired) electrons. The second-order valence-corrected chi connectivity index (χ2v) is 14.8. The summed E-state index contributed by atoms with van der Waals surface area (Å²) in [5, 5.41) is 6.43. The second kappa shape index (κ2) is 10.5. The average molecular weight is 552 g/mol. The standard InChI is InChI=1S/C32H45N3O3S/c1-20(36)35-31(5,6)19-33-28(37)29-34-25(16-21-10-8-7-9-11-21)27(39-29)22-17-23(30(2,3)4)26-24(18-22)32(12-13-32)14-15-38-26/h17-18,21H,7-16,19H2,1-6H3,(H,33,37)(H,35,36). The lowest BCUT2D eigenvalue weighted by atomic mass is 9.79. The van der Waals surface area contributed by atoms with E-state index in [1.165, 1.54) is 79.9 Å². The van der Waals surface area contributed by atoms with Gasteiger partial charge in [0, 0.05) is 30.0 Å². The van der Waals surface area contributed by atoms with Crippen LogP contribution in [0.5, 0.6) is 5.75 Å². The van der Waals surface area contributed by atoms with Crippen LogP contribution in [-0.4, -0.2) is 35.5 Å². The zero-order valence-electron chi connectivity index (χ0n) is 24.6. The van der Waals surface area contributed by atoms with Gasteiger partial charge in [0.15, 0.2) is 5.01 Å². The van der Waals surface area contributed by atoms with E-state index in [0.717, 1.165) is 35.8 Å². The SMILES string of the molecule is CC(=O)NC(C)(C)CNC(=O)c1nc(CC2CCCCC2)c(-c2cc(C(C)(C)C)c3c(c2)C2(CCO3)CC2)s1. The molecule has 0 saturated heterocycles. The number of aromatic nitrogens is 1. The van der Waals surface area contributed by atoms with Gasteiger partial charge < -0.3 is 15.4 Å². The Kier molecular flexibility index (Phi) is 7.60. The van der Waals surface area contributed by atoms with Gasteiger partial charge in [-0.25, -0.2) is 4.98 Å². The smallest absolute Gasteiger partial charge is 0.280 e. The van der Waals surface area contributed by atoms with E-state index in [4.69, 9.17) is 9.72 Å². The third-order valence-electron chi connectivity index (χ3n) is 8.71. The molecular weight excluding hydrogens is 506 g/mol. The Morgan fingerprint density at radius 3 is 2.44 bits per heavy atom. The van der Waals surface area contributed by atoms with Crippen molar-refractivity contribution in [2.45, 2.75) is 116 Å². The molecule has 39 heavy (non-hydrogen) atoms. The molecule has 0 unspecified atom stereocenters. The lowest BCUT2D eigenvalue weighted by Crippen LogP contribution is -2.50. The summed E-state index contributed by atoms with van der Waals surface area (Å²) in [5.74, 6) is 1.42. The molecule has 3 aliphatic rings. The number of ether oxygens (including phenoxy) is 1. The highest BCUT2D eigenvalue weighted by atomic mass is 32.1. The van der Waals surface area contributed by atoms with Crippen LogP contribution in [0.1, 0.15) is 120 Å². The Labute approximate surface area is 237 Å². The molecule has 7 heteroatoms. The number of thiazole rings is 1. The first-order valence-electron chi connectivity index (χ1n) is 14.8. The van der Waals surface area contributed by atoms with Crippen molar-refractivity contribution in [3.63, 3.8) is 0 Å². The summed E-state index contributed by atoms with van der Waals surface area (Å²) in [5.41, 5.74) is 4.50. The normalized spacial score (nSPS) is 18.8. The number of nitrogens with zero attached hydrogens (tertiary/aromatic N) is 1. The summed E-state index contributed by atoms with van der Waals surface area (Å²) in [6.07, 6.45) is 10.8. The van der Waals surface area contributed by atoms with Gasteiger partial charge in [-0.15, -0.1) is 11.3 Å². The van der Waals surface area contributed by atoms with E-state index in [-0.39, 0.29) is 22.6 Å². The molecular formula is C32H45N3O3S. The minimum Gasteiger partial charge on any atom is -0.493 e. The molecule has 2 aliphatic carbocycles. The van der Waals surface area contributed by atoms with Crippen LogP contribution >= 0.6 is 11.3 Å². The van der Waals surface area contributed by atoms with Gasteiger partial charge in [-0.2, -0.15) is 0 Å². The van der Waals surface area contributed by atoms with Crippen molar-refractivity contribution in [2.75, 3.05) is 13.2 Å². The maximum absolute atomic E-state index is 13.3. The van der Waals surface area contributed by atoms with Crippen molar-refractivity contribution in [1.82, 2.24) is 15.6 Å².